The minimum absolute atomic E-state index is 0.0538. The molecule has 1 aliphatic rings. The lowest BCUT2D eigenvalue weighted by Crippen LogP contribution is -2.21. The molecule has 1 aromatic rings. The van der Waals surface area contributed by atoms with Crippen molar-refractivity contribution in [2.24, 2.45) is 5.92 Å². The zero-order valence-corrected chi connectivity index (χ0v) is 9.20. The fourth-order valence-electron chi connectivity index (χ4n) is 2.03. The Labute approximate surface area is 98.8 Å². The summed E-state index contributed by atoms with van der Waals surface area (Å²) >= 11 is 0. The van der Waals surface area contributed by atoms with Gasteiger partial charge in [-0.3, -0.25) is 10.1 Å². The van der Waals surface area contributed by atoms with Crippen molar-refractivity contribution in [3.8, 4) is 6.07 Å². The highest BCUT2D eigenvalue weighted by atomic mass is 16.6. The monoisotopic (exact) mass is 232 g/mol. The van der Waals surface area contributed by atoms with E-state index in [1.54, 1.807) is 12.1 Å². The number of nitro groups is 1. The molecule has 88 valence electrons. The van der Waals surface area contributed by atoms with Gasteiger partial charge in [-0.15, -0.1) is 0 Å². The van der Waals surface area contributed by atoms with Crippen LogP contribution in [0.2, 0.25) is 0 Å². The Kier molecular flexibility index (Phi) is 3.35. The van der Waals surface area contributed by atoms with Crippen LogP contribution >= 0.6 is 0 Å². The second-order valence-corrected chi connectivity index (χ2v) is 4.02. The zero-order chi connectivity index (χ0) is 12.3. The summed E-state index contributed by atoms with van der Waals surface area (Å²) in [5.74, 6) is -0.162. The van der Waals surface area contributed by atoms with E-state index in [1.807, 2.05) is 0 Å². The van der Waals surface area contributed by atoms with E-state index in [9.17, 15) is 10.1 Å². The Bertz CT molecular complexity index is 450. The van der Waals surface area contributed by atoms with E-state index in [2.05, 4.69) is 6.07 Å². The zero-order valence-electron chi connectivity index (χ0n) is 9.20. The summed E-state index contributed by atoms with van der Waals surface area (Å²) in [7, 11) is 0. The van der Waals surface area contributed by atoms with Crippen LogP contribution in [0.3, 0.4) is 0 Å². The molecule has 2 unspecified atom stereocenters. The van der Waals surface area contributed by atoms with E-state index in [0.29, 0.717) is 6.61 Å². The quantitative estimate of drug-likeness (QED) is 0.580. The molecule has 1 saturated heterocycles. The van der Waals surface area contributed by atoms with E-state index < -0.39 is 4.92 Å². The number of benzene rings is 1. The van der Waals surface area contributed by atoms with Crippen LogP contribution in [0.1, 0.15) is 24.5 Å². The normalized spacial score (nSPS) is 23.9. The molecule has 1 heterocycles. The maximum absolute atomic E-state index is 10.5. The van der Waals surface area contributed by atoms with E-state index >= 15 is 0 Å². The number of ether oxygens (including phenoxy) is 1. The van der Waals surface area contributed by atoms with Gasteiger partial charge in [0.05, 0.1) is 23.0 Å². The summed E-state index contributed by atoms with van der Waals surface area (Å²) in [6.07, 6.45) is 1.45. The summed E-state index contributed by atoms with van der Waals surface area (Å²) in [4.78, 5) is 10.1. The topological polar surface area (TPSA) is 76.2 Å². The highest BCUT2D eigenvalue weighted by molar-refractivity contribution is 5.34. The van der Waals surface area contributed by atoms with Crippen LogP contribution in [-0.4, -0.2) is 11.5 Å². The van der Waals surface area contributed by atoms with Crippen molar-refractivity contribution in [1.82, 2.24) is 0 Å². The Hall–Kier alpha value is -1.93. The average molecular weight is 232 g/mol. The molecule has 0 spiro atoms. The van der Waals surface area contributed by atoms with E-state index in [4.69, 9.17) is 10.00 Å². The van der Waals surface area contributed by atoms with Crippen molar-refractivity contribution in [2.75, 3.05) is 6.61 Å². The van der Waals surface area contributed by atoms with E-state index in [1.165, 1.54) is 12.1 Å². The molecule has 0 N–H and O–H groups in total. The molecule has 0 bridgehead atoms. The van der Waals surface area contributed by atoms with Crippen molar-refractivity contribution in [3.63, 3.8) is 0 Å². The second-order valence-electron chi connectivity index (χ2n) is 4.02. The predicted octanol–water partition coefficient (Wildman–Crippen LogP) is 2.59. The number of nitrogens with zero attached hydrogens (tertiary/aromatic N) is 2. The van der Waals surface area contributed by atoms with Gasteiger partial charge in [-0.25, -0.2) is 0 Å². The van der Waals surface area contributed by atoms with Gasteiger partial charge in [0.25, 0.3) is 5.69 Å². The molecule has 5 nitrogen and oxygen atoms in total. The Morgan fingerprint density at radius 2 is 2.12 bits per heavy atom. The molecular formula is C12H12N2O3. The number of rotatable bonds is 2. The van der Waals surface area contributed by atoms with Gasteiger partial charge in [0.15, 0.2) is 0 Å². The number of nitriles is 1. The molecule has 0 aromatic heterocycles. The van der Waals surface area contributed by atoms with Crippen molar-refractivity contribution in [1.29, 1.82) is 5.26 Å². The molecule has 2 atom stereocenters. The standard InChI is InChI=1S/C12H12N2O3/c13-8-10-2-1-7-17-12(10)9-3-5-11(6-4-9)14(15)16/h3-6,10,12H,1-2,7H2. The fourth-order valence-corrected chi connectivity index (χ4v) is 2.03. The van der Waals surface area contributed by atoms with Gasteiger partial charge in [0, 0.05) is 18.7 Å². The number of nitro benzene ring substituents is 1. The lowest BCUT2D eigenvalue weighted by Gasteiger charge is -2.27. The van der Waals surface area contributed by atoms with Crippen LogP contribution < -0.4 is 0 Å². The highest BCUT2D eigenvalue weighted by Gasteiger charge is 2.27. The minimum Gasteiger partial charge on any atom is -0.372 e. The third kappa shape index (κ3) is 2.43. The van der Waals surface area contributed by atoms with Crippen LogP contribution in [0, 0.1) is 27.4 Å². The molecule has 0 saturated carbocycles. The number of hydrogen-bond donors (Lipinski definition) is 0. The van der Waals surface area contributed by atoms with Gasteiger partial charge < -0.3 is 4.74 Å². The maximum atomic E-state index is 10.5. The summed E-state index contributed by atoms with van der Waals surface area (Å²) in [6.45, 7) is 0.639. The summed E-state index contributed by atoms with van der Waals surface area (Å²) in [5.41, 5.74) is 0.889. The predicted molar refractivity (Wildman–Crippen MR) is 60.1 cm³/mol. The molecule has 0 aliphatic carbocycles. The molecule has 0 radical (unpaired) electrons. The second kappa shape index (κ2) is 4.93. The van der Waals surface area contributed by atoms with E-state index in [-0.39, 0.29) is 17.7 Å². The minimum atomic E-state index is -0.437. The fraction of sp³-hybridized carbons (Fsp3) is 0.417. The van der Waals surface area contributed by atoms with Crippen LogP contribution in [0.4, 0.5) is 5.69 Å². The third-order valence-electron chi connectivity index (χ3n) is 2.92. The lowest BCUT2D eigenvalue weighted by atomic mass is 9.91. The first-order valence-electron chi connectivity index (χ1n) is 5.48. The summed E-state index contributed by atoms with van der Waals surface area (Å²) < 4.78 is 5.58. The van der Waals surface area contributed by atoms with Crippen molar-refractivity contribution in [3.05, 3.63) is 39.9 Å². The van der Waals surface area contributed by atoms with E-state index in [0.717, 1.165) is 18.4 Å². The smallest absolute Gasteiger partial charge is 0.269 e. The lowest BCUT2D eigenvalue weighted by molar-refractivity contribution is -0.384. The van der Waals surface area contributed by atoms with Crippen LogP contribution in [0.25, 0.3) is 0 Å². The SMILES string of the molecule is N#CC1CCCOC1c1ccc([N+](=O)[O-])cc1. The summed E-state index contributed by atoms with van der Waals surface area (Å²) in [6, 6.07) is 8.45. The van der Waals surface area contributed by atoms with Crippen LogP contribution in [-0.2, 0) is 4.74 Å². The molecule has 5 heteroatoms. The van der Waals surface area contributed by atoms with Crippen LogP contribution in [0.15, 0.2) is 24.3 Å². The Balaban J connectivity index is 2.21. The summed E-state index contributed by atoms with van der Waals surface area (Å²) in [5, 5.41) is 19.6. The first-order chi connectivity index (χ1) is 8.22. The molecule has 1 aliphatic heterocycles. The van der Waals surface area contributed by atoms with Gasteiger partial charge in [-0.1, -0.05) is 0 Å². The van der Waals surface area contributed by atoms with Crippen molar-refractivity contribution >= 4 is 5.69 Å². The first kappa shape index (κ1) is 11.6. The van der Waals surface area contributed by atoms with Crippen LogP contribution in [0.5, 0.6) is 0 Å². The Morgan fingerprint density at radius 1 is 1.41 bits per heavy atom. The molecular weight excluding hydrogens is 220 g/mol. The average Bonchev–Trinajstić information content (AvgIpc) is 2.39. The Morgan fingerprint density at radius 3 is 2.71 bits per heavy atom. The van der Waals surface area contributed by atoms with Crippen molar-refractivity contribution < 1.29 is 9.66 Å². The van der Waals surface area contributed by atoms with Gasteiger partial charge in [0.1, 0.15) is 0 Å². The molecule has 2 rings (SSSR count). The van der Waals surface area contributed by atoms with Gasteiger partial charge in [-0.2, -0.15) is 5.26 Å². The molecule has 1 fully saturated rings. The number of hydrogen-bond acceptors (Lipinski definition) is 4. The van der Waals surface area contributed by atoms with Gasteiger partial charge in [0.2, 0.25) is 0 Å². The molecule has 0 amide bonds. The molecule has 1 aromatic carbocycles. The first-order valence-corrected chi connectivity index (χ1v) is 5.48. The van der Waals surface area contributed by atoms with Gasteiger partial charge >= 0.3 is 0 Å². The molecule has 17 heavy (non-hydrogen) atoms. The maximum Gasteiger partial charge on any atom is 0.269 e. The van der Waals surface area contributed by atoms with Crippen molar-refractivity contribution in [2.45, 2.75) is 18.9 Å². The largest absolute Gasteiger partial charge is 0.372 e. The van der Waals surface area contributed by atoms with Gasteiger partial charge in [-0.05, 0) is 30.5 Å². The highest BCUT2D eigenvalue weighted by Crippen LogP contribution is 2.33. The number of non-ortho nitro benzene ring substituents is 1. The third-order valence-corrected chi connectivity index (χ3v) is 2.92.